The molecule has 130 valence electrons. The highest BCUT2D eigenvalue weighted by Gasteiger charge is 2.30. The Labute approximate surface area is 152 Å². The molecule has 0 fully saturated rings. The first-order valence-electron chi connectivity index (χ1n) is 8.87. The first-order chi connectivity index (χ1) is 12.2. The molecule has 0 spiro atoms. The number of hydrogen-bond acceptors (Lipinski definition) is 5. The quantitative estimate of drug-likeness (QED) is 0.678. The highest BCUT2D eigenvalue weighted by Crippen LogP contribution is 2.38. The third kappa shape index (κ3) is 3.53. The lowest BCUT2D eigenvalue weighted by molar-refractivity contribution is 0.198. The maximum atomic E-state index is 5.43. The minimum atomic E-state index is 0.267. The van der Waals surface area contributed by atoms with E-state index in [-0.39, 0.29) is 6.04 Å². The summed E-state index contributed by atoms with van der Waals surface area (Å²) in [6, 6.07) is 13.3. The molecule has 2 aromatic heterocycles. The zero-order valence-electron chi connectivity index (χ0n) is 14.7. The minimum absolute atomic E-state index is 0.267. The molecule has 1 atom stereocenters. The Hall–Kier alpha value is -1.98. The van der Waals surface area contributed by atoms with Crippen LogP contribution in [0.4, 0.5) is 0 Å². The summed E-state index contributed by atoms with van der Waals surface area (Å²) in [5, 5.41) is 6.42. The molecule has 3 heterocycles. The summed E-state index contributed by atoms with van der Waals surface area (Å²) in [6.07, 6.45) is 1.93. The summed E-state index contributed by atoms with van der Waals surface area (Å²) < 4.78 is 5.43. The van der Waals surface area contributed by atoms with Crippen LogP contribution in [0.5, 0.6) is 0 Å². The number of rotatable bonds is 5. The van der Waals surface area contributed by atoms with E-state index in [2.05, 4.69) is 70.7 Å². The van der Waals surface area contributed by atoms with Gasteiger partial charge < -0.3 is 4.52 Å². The smallest absolute Gasteiger partial charge is 0.226 e. The first kappa shape index (κ1) is 16.5. The van der Waals surface area contributed by atoms with Gasteiger partial charge in [0.05, 0.1) is 12.6 Å². The van der Waals surface area contributed by atoms with Gasteiger partial charge in [0.25, 0.3) is 0 Å². The molecule has 1 unspecified atom stereocenters. The molecule has 25 heavy (non-hydrogen) atoms. The van der Waals surface area contributed by atoms with Gasteiger partial charge in [0, 0.05) is 17.8 Å². The van der Waals surface area contributed by atoms with E-state index in [0.717, 1.165) is 37.6 Å². The zero-order chi connectivity index (χ0) is 17.2. The SMILES string of the molecule is CC(C)Cc1nc(CN2CCc3sccc3C2c2ccccc2)no1. The Kier molecular flexibility index (Phi) is 4.68. The fourth-order valence-corrected chi connectivity index (χ4v) is 4.44. The van der Waals surface area contributed by atoms with Crippen LogP contribution in [0.2, 0.25) is 0 Å². The molecular weight excluding hydrogens is 330 g/mol. The van der Waals surface area contributed by atoms with E-state index < -0.39 is 0 Å². The Morgan fingerprint density at radius 2 is 2.08 bits per heavy atom. The van der Waals surface area contributed by atoms with E-state index in [1.807, 2.05) is 11.3 Å². The fourth-order valence-electron chi connectivity index (χ4n) is 3.53. The third-order valence-electron chi connectivity index (χ3n) is 4.62. The van der Waals surface area contributed by atoms with Gasteiger partial charge in [-0.05, 0) is 34.9 Å². The van der Waals surface area contributed by atoms with Crippen molar-refractivity contribution in [2.75, 3.05) is 6.54 Å². The van der Waals surface area contributed by atoms with Gasteiger partial charge in [0.1, 0.15) is 0 Å². The maximum absolute atomic E-state index is 5.43. The van der Waals surface area contributed by atoms with Crippen molar-refractivity contribution < 1.29 is 4.52 Å². The van der Waals surface area contributed by atoms with Gasteiger partial charge in [-0.1, -0.05) is 49.3 Å². The number of hydrogen-bond donors (Lipinski definition) is 0. The normalized spacial score (nSPS) is 17.8. The molecule has 1 aliphatic heterocycles. The van der Waals surface area contributed by atoms with Crippen LogP contribution in [0.3, 0.4) is 0 Å². The van der Waals surface area contributed by atoms with Crippen molar-refractivity contribution in [2.45, 2.75) is 39.3 Å². The number of thiophene rings is 1. The second-order valence-electron chi connectivity index (χ2n) is 7.04. The predicted molar refractivity (Wildman–Crippen MR) is 99.6 cm³/mol. The number of fused-ring (bicyclic) bond motifs is 1. The second-order valence-corrected chi connectivity index (χ2v) is 8.04. The largest absolute Gasteiger partial charge is 0.339 e. The van der Waals surface area contributed by atoms with Crippen molar-refractivity contribution in [3.63, 3.8) is 0 Å². The van der Waals surface area contributed by atoms with Crippen molar-refractivity contribution in [3.05, 3.63) is 69.5 Å². The lowest BCUT2D eigenvalue weighted by Gasteiger charge is -2.35. The summed E-state index contributed by atoms with van der Waals surface area (Å²) in [5.74, 6) is 2.05. The molecule has 0 radical (unpaired) electrons. The van der Waals surface area contributed by atoms with Crippen molar-refractivity contribution in [3.8, 4) is 0 Å². The van der Waals surface area contributed by atoms with Crippen LogP contribution in [0.15, 0.2) is 46.3 Å². The molecule has 0 bridgehead atoms. The lowest BCUT2D eigenvalue weighted by atomic mass is 9.93. The average molecular weight is 353 g/mol. The predicted octanol–water partition coefficient (Wildman–Crippen LogP) is 4.48. The summed E-state index contributed by atoms with van der Waals surface area (Å²) in [4.78, 5) is 8.56. The summed E-state index contributed by atoms with van der Waals surface area (Å²) in [6.45, 7) is 6.06. The molecule has 0 saturated heterocycles. The molecule has 0 amide bonds. The van der Waals surface area contributed by atoms with Crippen LogP contribution in [0, 0.1) is 5.92 Å². The highest BCUT2D eigenvalue weighted by atomic mass is 32.1. The second kappa shape index (κ2) is 7.10. The van der Waals surface area contributed by atoms with Crippen LogP contribution in [0.1, 0.15) is 47.6 Å². The monoisotopic (exact) mass is 353 g/mol. The molecule has 4 rings (SSSR count). The van der Waals surface area contributed by atoms with Gasteiger partial charge in [-0.25, -0.2) is 0 Å². The van der Waals surface area contributed by atoms with E-state index in [9.17, 15) is 0 Å². The zero-order valence-corrected chi connectivity index (χ0v) is 15.5. The summed E-state index contributed by atoms with van der Waals surface area (Å²) in [7, 11) is 0. The topological polar surface area (TPSA) is 42.2 Å². The average Bonchev–Trinajstić information content (AvgIpc) is 3.24. The van der Waals surface area contributed by atoms with Crippen LogP contribution >= 0.6 is 11.3 Å². The van der Waals surface area contributed by atoms with Crippen molar-refractivity contribution >= 4 is 11.3 Å². The first-order valence-corrected chi connectivity index (χ1v) is 9.75. The molecule has 0 saturated carbocycles. The van der Waals surface area contributed by atoms with Gasteiger partial charge in [-0.3, -0.25) is 4.90 Å². The van der Waals surface area contributed by atoms with E-state index in [1.165, 1.54) is 16.0 Å². The van der Waals surface area contributed by atoms with E-state index >= 15 is 0 Å². The Morgan fingerprint density at radius 3 is 2.88 bits per heavy atom. The molecule has 3 aromatic rings. The van der Waals surface area contributed by atoms with Crippen molar-refractivity contribution in [2.24, 2.45) is 5.92 Å². The molecule has 0 aliphatic carbocycles. The Morgan fingerprint density at radius 1 is 1.24 bits per heavy atom. The number of nitrogens with zero attached hydrogens (tertiary/aromatic N) is 3. The van der Waals surface area contributed by atoms with E-state index in [0.29, 0.717) is 5.92 Å². The molecule has 5 heteroatoms. The Bertz CT molecular complexity index is 824. The standard InChI is InChI=1S/C20H23N3OS/c1-14(2)12-19-21-18(22-24-19)13-23-10-8-17-16(9-11-25-17)20(23)15-6-4-3-5-7-15/h3-7,9,11,14,20H,8,10,12-13H2,1-2H3. The van der Waals surface area contributed by atoms with Crippen LogP contribution in [-0.2, 0) is 19.4 Å². The van der Waals surface area contributed by atoms with Crippen molar-refractivity contribution in [1.82, 2.24) is 15.0 Å². The van der Waals surface area contributed by atoms with Crippen molar-refractivity contribution in [1.29, 1.82) is 0 Å². The number of benzene rings is 1. The Balaban J connectivity index is 1.61. The van der Waals surface area contributed by atoms with E-state index in [1.54, 1.807) is 0 Å². The summed E-state index contributed by atoms with van der Waals surface area (Å²) >= 11 is 1.87. The highest BCUT2D eigenvalue weighted by molar-refractivity contribution is 7.10. The minimum Gasteiger partial charge on any atom is -0.339 e. The fraction of sp³-hybridized carbons (Fsp3) is 0.400. The lowest BCUT2D eigenvalue weighted by Crippen LogP contribution is -2.35. The molecule has 1 aliphatic rings. The van der Waals surface area contributed by atoms with E-state index in [4.69, 9.17) is 4.52 Å². The van der Waals surface area contributed by atoms with Gasteiger partial charge in [-0.15, -0.1) is 11.3 Å². The molecule has 0 N–H and O–H groups in total. The maximum Gasteiger partial charge on any atom is 0.226 e. The van der Waals surface area contributed by atoms with Gasteiger partial charge >= 0.3 is 0 Å². The third-order valence-corrected chi connectivity index (χ3v) is 5.62. The number of aromatic nitrogens is 2. The van der Waals surface area contributed by atoms with Crippen LogP contribution < -0.4 is 0 Å². The van der Waals surface area contributed by atoms with Crippen LogP contribution in [-0.4, -0.2) is 21.6 Å². The van der Waals surface area contributed by atoms with Gasteiger partial charge in [0.2, 0.25) is 5.89 Å². The molecular formula is C20H23N3OS. The molecule has 1 aromatic carbocycles. The molecule has 4 nitrogen and oxygen atoms in total. The van der Waals surface area contributed by atoms with Gasteiger partial charge in [-0.2, -0.15) is 4.98 Å². The van der Waals surface area contributed by atoms with Crippen LogP contribution in [0.25, 0.3) is 0 Å². The van der Waals surface area contributed by atoms with Gasteiger partial charge in [0.15, 0.2) is 5.82 Å². The summed E-state index contributed by atoms with van der Waals surface area (Å²) in [5.41, 5.74) is 2.75.